The minimum absolute atomic E-state index is 0.264. The van der Waals surface area contributed by atoms with Crippen LogP contribution in [0, 0.1) is 0 Å². The van der Waals surface area contributed by atoms with Crippen LogP contribution in [0.5, 0.6) is 0 Å². The van der Waals surface area contributed by atoms with Crippen LogP contribution in [0.2, 0.25) is 10.0 Å². The smallest absolute Gasteiger partial charge is 0.311 e. The second kappa shape index (κ2) is 7.36. The number of benzene rings is 1. The van der Waals surface area contributed by atoms with Gasteiger partial charge in [-0.05, 0) is 29.5 Å². The second-order valence-electron chi connectivity index (χ2n) is 6.42. The first kappa shape index (κ1) is 19.7. The number of fused-ring (bicyclic) bond motifs is 1. The van der Waals surface area contributed by atoms with Gasteiger partial charge in [0.05, 0.1) is 6.54 Å². The molecule has 0 spiro atoms. The maximum atomic E-state index is 12.9. The predicted octanol–water partition coefficient (Wildman–Crippen LogP) is 2.07. The van der Waals surface area contributed by atoms with Crippen molar-refractivity contribution >= 4 is 46.1 Å². The number of imidazole rings is 1. The Hall–Kier alpha value is -2.56. The van der Waals surface area contributed by atoms with Gasteiger partial charge in [-0.2, -0.15) is 0 Å². The Labute approximate surface area is 178 Å². The molecule has 0 aliphatic heterocycles. The van der Waals surface area contributed by atoms with Crippen LogP contribution in [0.4, 0.5) is 0 Å². The van der Waals surface area contributed by atoms with Gasteiger partial charge in [0.15, 0.2) is 21.5 Å². The lowest BCUT2D eigenvalue weighted by atomic mass is 10.2. The highest BCUT2D eigenvalue weighted by Gasteiger charge is 2.21. The van der Waals surface area contributed by atoms with E-state index in [1.54, 1.807) is 47.8 Å². The molecule has 0 saturated heterocycles. The summed E-state index contributed by atoms with van der Waals surface area (Å²) in [5.74, 6) is 0. The molecule has 4 rings (SSSR count). The minimum atomic E-state index is -0.452. The maximum Gasteiger partial charge on any atom is 0.332 e. The quantitative estimate of drug-likeness (QED) is 0.471. The van der Waals surface area contributed by atoms with Crippen molar-refractivity contribution in [2.45, 2.75) is 16.9 Å². The lowest BCUT2D eigenvalue weighted by Gasteiger charge is -2.11. The SMILES string of the molecule is Cn1cnnc1Sc1nc2c(c(=O)n(C)c(=O)n2C)n1Cc1ccc(Cl)cc1Cl. The van der Waals surface area contributed by atoms with Crippen LogP contribution in [0.15, 0.2) is 44.4 Å². The molecule has 0 unspecified atom stereocenters. The van der Waals surface area contributed by atoms with Crippen molar-refractivity contribution in [1.29, 1.82) is 0 Å². The summed E-state index contributed by atoms with van der Waals surface area (Å²) in [6.45, 7) is 0.264. The van der Waals surface area contributed by atoms with E-state index in [1.165, 1.54) is 23.4 Å². The molecule has 12 heteroatoms. The molecule has 3 aromatic heterocycles. The average molecular weight is 452 g/mol. The van der Waals surface area contributed by atoms with Crippen LogP contribution in [-0.4, -0.2) is 33.4 Å². The van der Waals surface area contributed by atoms with Crippen LogP contribution in [-0.2, 0) is 27.7 Å². The molecule has 0 aliphatic rings. The monoisotopic (exact) mass is 451 g/mol. The molecule has 0 N–H and O–H groups in total. The molecule has 9 nitrogen and oxygen atoms in total. The predicted molar refractivity (Wildman–Crippen MR) is 111 cm³/mol. The summed E-state index contributed by atoms with van der Waals surface area (Å²) in [6.07, 6.45) is 1.57. The van der Waals surface area contributed by atoms with E-state index in [0.717, 1.165) is 10.1 Å². The molecule has 1 aromatic carbocycles. The first-order chi connectivity index (χ1) is 13.8. The molecule has 0 aliphatic carbocycles. The Bertz CT molecular complexity index is 1370. The van der Waals surface area contributed by atoms with Crippen molar-refractivity contribution in [1.82, 2.24) is 33.4 Å². The fourth-order valence-corrected chi connectivity index (χ4v) is 4.23. The van der Waals surface area contributed by atoms with Crippen LogP contribution >= 0.6 is 35.0 Å². The second-order valence-corrected chi connectivity index (χ2v) is 8.20. The van der Waals surface area contributed by atoms with E-state index in [-0.39, 0.29) is 12.2 Å². The van der Waals surface area contributed by atoms with Crippen molar-refractivity contribution in [2.75, 3.05) is 0 Å². The molecule has 0 fully saturated rings. The van der Waals surface area contributed by atoms with E-state index < -0.39 is 11.2 Å². The van der Waals surface area contributed by atoms with Gasteiger partial charge >= 0.3 is 5.69 Å². The zero-order valence-electron chi connectivity index (χ0n) is 15.6. The van der Waals surface area contributed by atoms with Crippen molar-refractivity contribution in [3.63, 3.8) is 0 Å². The average Bonchev–Trinajstić information content (AvgIpc) is 3.25. The summed E-state index contributed by atoms with van der Waals surface area (Å²) in [7, 11) is 4.82. The number of rotatable bonds is 4. The van der Waals surface area contributed by atoms with Crippen molar-refractivity contribution in [3.8, 4) is 0 Å². The van der Waals surface area contributed by atoms with Crippen molar-refractivity contribution < 1.29 is 0 Å². The number of aryl methyl sites for hydroxylation is 2. The Balaban J connectivity index is 1.98. The Morgan fingerprint density at radius 1 is 1.07 bits per heavy atom. The number of hydrogen-bond acceptors (Lipinski definition) is 6. The minimum Gasteiger partial charge on any atom is -0.311 e. The van der Waals surface area contributed by atoms with Gasteiger partial charge in [-0.15, -0.1) is 10.2 Å². The van der Waals surface area contributed by atoms with Gasteiger partial charge in [0.2, 0.25) is 0 Å². The summed E-state index contributed by atoms with van der Waals surface area (Å²) >= 11 is 13.6. The molecule has 0 bridgehead atoms. The highest BCUT2D eigenvalue weighted by molar-refractivity contribution is 7.99. The summed E-state index contributed by atoms with van der Waals surface area (Å²) in [5.41, 5.74) is 0.446. The van der Waals surface area contributed by atoms with Gasteiger partial charge < -0.3 is 9.13 Å². The molecule has 3 heterocycles. The number of aromatic nitrogens is 7. The molecule has 0 amide bonds. The van der Waals surface area contributed by atoms with Crippen LogP contribution in [0.25, 0.3) is 11.2 Å². The number of nitrogens with zero attached hydrogens (tertiary/aromatic N) is 7. The molecule has 29 heavy (non-hydrogen) atoms. The molecular formula is C17H15Cl2N7O2S. The lowest BCUT2D eigenvalue weighted by molar-refractivity contribution is 0.695. The van der Waals surface area contributed by atoms with E-state index in [2.05, 4.69) is 15.2 Å². The van der Waals surface area contributed by atoms with Gasteiger partial charge in [-0.1, -0.05) is 29.3 Å². The van der Waals surface area contributed by atoms with Crippen molar-refractivity contribution in [3.05, 3.63) is 61.0 Å². The highest BCUT2D eigenvalue weighted by atomic mass is 35.5. The third-order valence-corrected chi connectivity index (χ3v) is 6.14. The van der Waals surface area contributed by atoms with E-state index >= 15 is 0 Å². The normalized spacial score (nSPS) is 11.5. The van der Waals surface area contributed by atoms with E-state index in [4.69, 9.17) is 23.2 Å². The van der Waals surface area contributed by atoms with Gasteiger partial charge in [0.1, 0.15) is 6.33 Å². The Morgan fingerprint density at radius 2 is 1.83 bits per heavy atom. The topological polar surface area (TPSA) is 92.5 Å². The number of halogens is 2. The zero-order valence-corrected chi connectivity index (χ0v) is 18.0. The first-order valence-electron chi connectivity index (χ1n) is 8.40. The van der Waals surface area contributed by atoms with Gasteiger partial charge in [-0.25, -0.2) is 9.78 Å². The van der Waals surface area contributed by atoms with Crippen LogP contribution in [0.1, 0.15) is 5.56 Å². The largest absolute Gasteiger partial charge is 0.332 e. The van der Waals surface area contributed by atoms with E-state index in [0.29, 0.717) is 25.9 Å². The van der Waals surface area contributed by atoms with Gasteiger partial charge in [-0.3, -0.25) is 13.9 Å². The van der Waals surface area contributed by atoms with E-state index in [9.17, 15) is 9.59 Å². The standard InChI is InChI=1S/C17H15Cl2N7O2S/c1-23-8-20-22-16(23)29-15-21-13-12(14(27)25(3)17(28)24(13)2)26(15)7-9-4-5-10(18)6-11(9)19/h4-6,8H,7H2,1-3H3. The van der Waals surface area contributed by atoms with Crippen molar-refractivity contribution in [2.24, 2.45) is 21.1 Å². The van der Waals surface area contributed by atoms with Crippen LogP contribution in [0.3, 0.4) is 0 Å². The summed E-state index contributed by atoms with van der Waals surface area (Å²) < 4.78 is 5.87. The van der Waals surface area contributed by atoms with E-state index in [1.807, 2.05) is 0 Å². The fraction of sp³-hybridized carbons (Fsp3) is 0.235. The Morgan fingerprint density at radius 3 is 2.48 bits per heavy atom. The third-order valence-electron chi connectivity index (χ3n) is 4.51. The van der Waals surface area contributed by atoms with Gasteiger partial charge in [0.25, 0.3) is 5.56 Å². The Kier molecular flexibility index (Phi) is 5.01. The molecule has 0 atom stereocenters. The summed E-state index contributed by atoms with van der Waals surface area (Å²) in [6, 6.07) is 5.16. The maximum absolute atomic E-state index is 12.9. The molecule has 4 aromatic rings. The third kappa shape index (κ3) is 3.37. The summed E-state index contributed by atoms with van der Waals surface area (Å²) in [5, 5.41) is 9.99. The van der Waals surface area contributed by atoms with Gasteiger partial charge in [0, 0.05) is 31.2 Å². The molecule has 150 valence electrons. The van der Waals surface area contributed by atoms with Crippen LogP contribution < -0.4 is 11.2 Å². The number of hydrogen-bond donors (Lipinski definition) is 0. The highest BCUT2D eigenvalue weighted by Crippen LogP contribution is 2.29. The summed E-state index contributed by atoms with van der Waals surface area (Å²) in [4.78, 5) is 29.8. The molecule has 0 saturated carbocycles. The fourth-order valence-electron chi connectivity index (χ4n) is 2.92. The molecule has 0 radical (unpaired) electrons. The first-order valence-corrected chi connectivity index (χ1v) is 9.97. The molecular weight excluding hydrogens is 437 g/mol. The lowest BCUT2D eigenvalue weighted by Crippen LogP contribution is -2.37. The zero-order chi connectivity index (χ0) is 20.9.